The zero-order valence-electron chi connectivity index (χ0n) is 14.1. The number of nitriles is 1. The van der Waals surface area contributed by atoms with Gasteiger partial charge in [0.1, 0.15) is 6.54 Å². The first-order chi connectivity index (χ1) is 12.5. The second kappa shape index (κ2) is 7.45. The first kappa shape index (κ1) is 17.1. The summed E-state index contributed by atoms with van der Waals surface area (Å²) in [6.45, 7) is 1.80. The van der Waals surface area contributed by atoms with Gasteiger partial charge in [-0.25, -0.2) is 4.68 Å². The number of hydrogen-bond donors (Lipinski definition) is 1. The van der Waals surface area contributed by atoms with Crippen LogP contribution in [0.2, 0.25) is 0 Å². The highest BCUT2D eigenvalue weighted by Gasteiger charge is 2.08. The molecule has 1 aromatic heterocycles. The molecule has 0 aliphatic rings. The fraction of sp³-hybridized carbons (Fsp3) is 0.100. The van der Waals surface area contributed by atoms with E-state index in [1.54, 1.807) is 30.3 Å². The molecule has 1 amide bonds. The fourth-order valence-electron chi connectivity index (χ4n) is 2.41. The lowest BCUT2D eigenvalue weighted by Crippen LogP contribution is -2.29. The van der Waals surface area contributed by atoms with E-state index >= 15 is 0 Å². The fourth-order valence-corrected chi connectivity index (χ4v) is 2.41. The summed E-state index contributed by atoms with van der Waals surface area (Å²) in [5.41, 5.74) is 3.33. The van der Waals surface area contributed by atoms with Crippen LogP contribution in [0, 0.1) is 18.3 Å². The van der Waals surface area contributed by atoms with Crippen molar-refractivity contribution >= 4 is 11.6 Å². The number of carbonyl (C=O) groups is 1. The van der Waals surface area contributed by atoms with E-state index in [0.29, 0.717) is 16.9 Å². The molecule has 128 valence electrons. The summed E-state index contributed by atoms with van der Waals surface area (Å²) in [5.74, 6) is -0.370. The summed E-state index contributed by atoms with van der Waals surface area (Å²) < 4.78 is 1.13. The van der Waals surface area contributed by atoms with Gasteiger partial charge in [-0.3, -0.25) is 9.59 Å². The third kappa shape index (κ3) is 4.02. The average Bonchev–Trinajstić information content (AvgIpc) is 2.65. The Kier molecular flexibility index (Phi) is 4.90. The Balaban J connectivity index is 1.77. The molecular formula is C20H16N4O2. The minimum Gasteiger partial charge on any atom is -0.324 e. The Morgan fingerprint density at radius 1 is 1.08 bits per heavy atom. The Morgan fingerprint density at radius 3 is 2.42 bits per heavy atom. The van der Waals surface area contributed by atoms with Gasteiger partial charge in [-0.15, -0.1) is 0 Å². The number of anilines is 1. The smallest absolute Gasteiger partial charge is 0.267 e. The van der Waals surface area contributed by atoms with Gasteiger partial charge in [0.2, 0.25) is 5.91 Å². The van der Waals surface area contributed by atoms with E-state index in [-0.39, 0.29) is 18.0 Å². The maximum atomic E-state index is 12.2. The lowest BCUT2D eigenvalue weighted by molar-refractivity contribution is -0.117. The molecule has 0 radical (unpaired) electrons. The Labute approximate surface area is 150 Å². The van der Waals surface area contributed by atoms with Crippen LogP contribution in [0.5, 0.6) is 0 Å². The first-order valence-corrected chi connectivity index (χ1v) is 8.00. The normalized spacial score (nSPS) is 10.2. The predicted molar refractivity (Wildman–Crippen MR) is 98.5 cm³/mol. The van der Waals surface area contributed by atoms with Crippen molar-refractivity contribution in [2.75, 3.05) is 5.32 Å². The molecule has 26 heavy (non-hydrogen) atoms. The average molecular weight is 344 g/mol. The molecule has 0 saturated carbocycles. The number of amides is 1. The second-order valence-electron chi connectivity index (χ2n) is 5.82. The van der Waals surface area contributed by atoms with Crippen molar-refractivity contribution in [1.29, 1.82) is 5.26 Å². The molecule has 0 saturated heterocycles. The van der Waals surface area contributed by atoms with E-state index in [1.807, 2.05) is 37.3 Å². The summed E-state index contributed by atoms with van der Waals surface area (Å²) in [6.07, 6.45) is 0. The number of rotatable bonds is 4. The van der Waals surface area contributed by atoms with Crippen LogP contribution in [0.15, 0.2) is 65.5 Å². The van der Waals surface area contributed by atoms with Crippen molar-refractivity contribution in [1.82, 2.24) is 9.78 Å². The largest absolute Gasteiger partial charge is 0.324 e. The number of hydrogen-bond acceptors (Lipinski definition) is 4. The quantitative estimate of drug-likeness (QED) is 0.788. The highest BCUT2D eigenvalue weighted by Crippen LogP contribution is 2.16. The molecular weight excluding hydrogens is 328 g/mol. The van der Waals surface area contributed by atoms with Crippen LogP contribution in [0.4, 0.5) is 5.69 Å². The van der Waals surface area contributed by atoms with Gasteiger partial charge < -0.3 is 5.32 Å². The van der Waals surface area contributed by atoms with Crippen LogP contribution in [0.25, 0.3) is 11.3 Å². The van der Waals surface area contributed by atoms with Gasteiger partial charge in [0.15, 0.2) is 0 Å². The number of benzene rings is 2. The van der Waals surface area contributed by atoms with Crippen LogP contribution in [0.1, 0.15) is 11.1 Å². The van der Waals surface area contributed by atoms with E-state index in [4.69, 9.17) is 5.26 Å². The molecule has 1 N–H and O–H groups in total. The molecule has 0 aliphatic carbocycles. The van der Waals surface area contributed by atoms with Crippen LogP contribution in [0.3, 0.4) is 0 Å². The molecule has 0 unspecified atom stereocenters. The number of aromatic nitrogens is 2. The molecule has 3 aromatic rings. The van der Waals surface area contributed by atoms with Crippen molar-refractivity contribution in [3.8, 4) is 17.3 Å². The molecule has 0 spiro atoms. The van der Waals surface area contributed by atoms with E-state index in [9.17, 15) is 9.59 Å². The summed E-state index contributed by atoms with van der Waals surface area (Å²) in [7, 11) is 0. The highest BCUT2D eigenvalue weighted by molar-refractivity contribution is 5.90. The zero-order chi connectivity index (χ0) is 18.5. The van der Waals surface area contributed by atoms with Crippen molar-refractivity contribution in [2.24, 2.45) is 0 Å². The maximum absolute atomic E-state index is 12.2. The lowest BCUT2D eigenvalue weighted by atomic mass is 10.1. The summed E-state index contributed by atoms with van der Waals surface area (Å²) in [4.78, 5) is 24.2. The third-order valence-corrected chi connectivity index (χ3v) is 3.81. The maximum Gasteiger partial charge on any atom is 0.267 e. The van der Waals surface area contributed by atoms with E-state index < -0.39 is 0 Å². The molecule has 2 aromatic carbocycles. The topological polar surface area (TPSA) is 87.8 Å². The highest BCUT2D eigenvalue weighted by atomic mass is 16.2. The molecule has 0 aliphatic heterocycles. The van der Waals surface area contributed by atoms with Crippen molar-refractivity contribution in [2.45, 2.75) is 13.5 Å². The second-order valence-corrected chi connectivity index (χ2v) is 5.82. The van der Waals surface area contributed by atoms with E-state index in [0.717, 1.165) is 15.8 Å². The monoisotopic (exact) mass is 344 g/mol. The summed E-state index contributed by atoms with van der Waals surface area (Å²) in [6, 6.07) is 19.3. The number of nitrogens with zero attached hydrogens (tertiary/aromatic N) is 3. The molecule has 1 heterocycles. The summed E-state index contributed by atoms with van der Waals surface area (Å²) in [5, 5.41) is 15.8. The minimum atomic E-state index is -0.370. The third-order valence-electron chi connectivity index (χ3n) is 3.81. The van der Waals surface area contributed by atoms with Gasteiger partial charge in [0.25, 0.3) is 5.56 Å². The Hall–Kier alpha value is -3.72. The first-order valence-electron chi connectivity index (χ1n) is 8.00. The van der Waals surface area contributed by atoms with Gasteiger partial charge in [-0.2, -0.15) is 10.4 Å². The van der Waals surface area contributed by atoms with E-state index in [1.165, 1.54) is 6.07 Å². The zero-order valence-corrected chi connectivity index (χ0v) is 14.1. The van der Waals surface area contributed by atoms with Crippen molar-refractivity contribution in [3.63, 3.8) is 0 Å². The Bertz CT molecular complexity index is 1030. The summed E-state index contributed by atoms with van der Waals surface area (Å²) >= 11 is 0. The number of nitrogens with one attached hydrogen (secondary N) is 1. The number of carbonyl (C=O) groups excluding carboxylic acids is 1. The van der Waals surface area contributed by atoms with Gasteiger partial charge >= 0.3 is 0 Å². The molecule has 6 heteroatoms. The van der Waals surface area contributed by atoms with E-state index in [2.05, 4.69) is 10.4 Å². The minimum absolute atomic E-state index is 0.196. The van der Waals surface area contributed by atoms with Crippen molar-refractivity contribution in [3.05, 3.63) is 82.1 Å². The van der Waals surface area contributed by atoms with Crippen LogP contribution in [-0.4, -0.2) is 15.7 Å². The molecule has 3 rings (SSSR count). The van der Waals surface area contributed by atoms with Crippen molar-refractivity contribution < 1.29 is 4.79 Å². The van der Waals surface area contributed by atoms with Crippen LogP contribution >= 0.6 is 0 Å². The van der Waals surface area contributed by atoms with Gasteiger partial charge in [0, 0.05) is 17.3 Å². The van der Waals surface area contributed by atoms with Gasteiger partial charge in [-0.1, -0.05) is 29.8 Å². The molecule has 0 fully saturated rings. The molecule has 6 nitrogen and oxygen atoms in total. The van der Waals surface area contributed by atoms with Crippen LogP contribution in [-0.2, 0) is 11.3 Å². The predicted octanol–water partition coefficient (Wildman–Crippen LogP) is 2.73. The van der Waals surface area contributed by atoms with Gasteiger partial charge in [-0.05, 0) is 37.3 Å². The Morgan fingerprint density at radius 2 is 1.77 bits per heavy atom. The van der Waals surface area contributed by atoms with Gasteiger partial charge in [0.05, 0.1) is 17.3 Å². The SMILES string of the molecule is Cc1ccc(-c2ccc(=O)n(CC(=O)Nc3ccc(C#N)cc3)n2)cc1. The lowest BCUT2D eigenvalue weighted by Gasteiger charge is -2.08. The standard InChI is InChI=1S/C20H16N4O2/c1-14-2-6-16(7-3-14)18-10-11-20(26)24(23-18)13-19(25)22-17-8-4-15(12-21)5-9-17/h2-11H,13H2,1H3,(H,22,25). The molecule has 0 bridgehead atoms. The van der Waals surface area contributed by atoms with Crippen LogP contribution < -0.4 is 10.9 Å². The number of aryl methyl sites for hydroxylation is 1. The molecule has 0 atom stereocenters.